The second kappa shape index (κ2) is 35.7. The SMILES string of the molecule is CCSC(C(=O)C(=O)[O-])(c1cccc2sc(-c3ccccc3)nc12)c1cccc2sc(-c3ccccc3)nc12.CCSC(C(=O)C(=O)[O-])(c1cccc2sc(-c3ccccc3)nc12)c1cccc2sc(-c3ccccc3)nc12.CCSC(C(=O)C(=O)[O-])(c1cccc2sc(-c3ccccc3)nc12)c1cccc2sc(-c3ccccc3)nc12.[Ru+3]. The molecule has 0 unspecified atom stereocenters. The first-order valence-electron chi connectivity index (χ1n) is 37.0. The van der Waals surface area contributed by atoms with Gasteiger partial charge in [-0.2, -0.15) is 0 Å². The van der Waals surface area contributed by atoms with Gasteiger partial charge in [-0.05, 0) is 53.7 Å². The van der Waals surface area contributed by atoms with Crippen molar-refractivity contribution in [2.24, 2.45) is 0 Å². The molecular weight excluding hydrogens is 1730 g/mol. The molecule has 0 fully saturated rings. The van der Waals surface area contributed by atoms with Gasteiger partial charge in [-0.25, -0.2) is 29.9 Å². The van der Waals surface area contributed by atoms with Crippen molar-refractivity contribution in [3.05, 3.63) is 325 Å². The Labute approximate surface area is 726 Å². The number of thioether (sulfide) groups is 3. The minimum Gasteiger partial charge on any atom is -0.542 e. The first kappa shape index (κ1) is 82.2. The number of thiazole rings is 6. The number of carboxylic acid groups (broad SMARTS) is 3. The number of carbonyl (C=O) groups is 6. The summed E-state index contributed by atoms with van der Waals surface area (Å²) in [6, 6.07) is 92.6. The summed E-state index contributed by atoms with van der Waals surface area (Å²) < 4.78 is 0.415. The average Bonchev–Trinajstić information content (AvgIpc) is 1.43. The van der Waals surface area contributed by atoms with E-state index in [0.717, 1.165) is 91.6 Å². The molecule has 6 aromatic heterocycles. The van der Waals surface area contributed by atoms with Gasteiger partial charge in [0.15, 0.2) is 0 Å². The van der Waals surface area contributed by atoms with Crippen LogP contribution < -0.4 is 15.3 Å². The summed E-state index contributed by atoms with van der Waals surface area (Å²) in [4.78, 5) is 108. The Kier molecular flexibility index (Phi) is 24.9. The summed E-state index contributed by atoms with van der Waals surface area (Å²) in [6.07, 6.45) is 0. The Morgan fingerprint density at radius 1 is 0.246 bits per heavy atom. The maximum Gasteiger partial charge on any atom is 3.00 e. The number of aromatic nitrogens is 6. The minimum absolute atomic E-state index is 0. The van der Waals surface area contributed by atoms with Crippen molar-refractivity contribution in [1.29, 1.82) is 0 Å². The van der Waals surface area contributed by atoms with Crippen molar-refractivity contribution in [3.8, 4) is 63.4 Å². The van der Waals surface area contributed by atoms with Crippen molar-refractivity contribution < 1.29 is 63.6 Å². The summed E-state index contributed by atoms with van der Waals surface area (Å²) in [5.41, 5.74) is 12.5. The maximum absolute atomic E-state index is 13.9. The molecule has 25 heteroatoms. The van der Waals surface area contributed by atoms with Gasteiger partial charge in [0.1, 0.15) is 62.2 Å². The van der Waals surface area contributed by atoms with E-state index in [9.17, 15) is 44.1 Å². The van der Waals surface area contributed by atoms with Crippen molar-refractivity contribution in [2.45, 2.75) is 35.0 Å². The molecule has 1 radical (unpaired) electrons. The second-order valence-corrected chi connectivity index (χ2v) is 37.0. The predicted octanol–water partition coefficient (Wildman–Crippen LogP) is 19.7. The molecule has 0 spiro atoms. The van der Waals surface area contributed by atoms with Gasteiger partial charge in [0, 0.05) is 66.8 Å². The number of carbonyl (C=O) groups excluding carboxylic acids is 6. The standard InChI is InChI=1S/3C31H22N2O3S3.Ru/c3*1-2-37-31(27(34)30(35)36,21-15-9-17-23-25(21)32-28(38-23)19-11-5-3-6-12-19)22-16-10-18-24-26(22)33-29(39-24)20-13-7-4-8-14-20;/h3*3-18H,2H2,1H3,(H,35,36);/q;;;+3/p-3. The third kappa shape index (κ3) is 15.5. The van der Waals surface area contributed by atoms with E-state index >= 15 is 0 Å². The normalized spacial score (nSPS) is 11.6. The third-order valence-electron chi connectivity index (χ3n) is 19.5. The Bertz CT molecular complexity index is 5780. The molecule has 0 aliphatic heterocycles. The molecule has 0 aliphatic carbocycles. The van der Waals surface area contributed by atoms with E-state index in [1.165, 1.54) is 103 Å². The topological polar surface area (TPSA) is 249 Å². The van der Waals surface area contributed by atoms with Crippen LogP contribution in [0.3, 0.4) is 0 Å². The van der Waals surface area contributed by atoms with Gasteiger partial charge < -0.3 is 29.7 Å². The predicted molar refractivity (Wildman–Crippen MR) is 477 cm³/mol. The first-order valence-corrected chi connectivity index (χ1v) is 44.9. The zero-order valence-electron chi connectivity index (χ0n) is 62.7. The molecular formula is C93H63N6O9RuS9. The van der Waals surface area contributed by atoms with Crippen LogP contribution in [0.15, 0.2) is 291 Å². The molecule has 0 aliphatic rings. The summed E-state index contributed by atoms with van der Waals surface area (Å²) in [5.74, 6) is -6.80. The molecule has 0 bridgehead atoms. The fourth-order valence-corrected chi connectivity index (χ4v) is 24.4. The van der Waals surface area contributed by atoms with Gasteiger partial charge in [0.25, 0.3) is 0 Å². The Morgan fingerprint density at radius 3 is 0.534 bits per heavy atom. The number of ketones is 3. The summed E-state index contributed by atoms with van der Waals surface area (Å²) in [6.45, 7) is 5.74. The zero-order valence-corrected chi connectivity index (χ0v) is 71.8. The van der Waals surface area contributed by atoms with Crippen LogP contribution in [0.2, 0.25) is 0 Å². The molecule has 0 atom stereocenters. The number of para-hydroxylation sites is 6. The largest absolute Gasteiger partial charge is 3.00 e. The van der Waals surface area contributed by atoms with Crippen LogP contribution in [0.5, 0.6) is 0 Å². The van der Waals surface area contributed by atoms with Crippen molar-refractivity contribution in [3.63, 3.8) is 0 Å². The Balaban J connectivity index is 0.000000138. The van der Waals surface area contributed by atoms with E-state index in [-0.39, 0.29) is 19.5 Å². The summed E-state index contributed by atoms with van der Waals surface area (Å²) in [7, 11) is 0. The number of carboxylic acids is 3. The number of aliphatic carboxylic acids is 3. The Morgan fingerprint density at radius 2 is 0.398 bits per heavy atom. The average molecular weight is 1800 g/mol. The number of hydrogen-bond donors (Lipinski definition) is 0. The van der Waals surface area contributed by atoms with Crippen LogP contribution in [0.1, 0.15) is 54.2 Å². The van der Waals surface area contributed by atoms with E-state index < -0.39 is 49.5 Å². The molecule has 0 saturated heterocycles. The summed E-state index contributed by atoms with van der Waals surface area (Å²) >= 11 is 12.9. The third-order valence-corrected chi connectivity index (χ3v) is 30.0. The monoisotopic (exact) mass is 1800 g/mol. The number of Topliss-reactive ketones (excluding diaryl/α,β-unsaturated/α-hetero) is 3. The van der Waals surface area contributed by atoms with Crippen molar-refractivity contribution in [2.75, 3.05) is 17.3 Å². The van der Waals surface area contributed by atoms with E-state index in [1.807, 2.05) is 312 Å². The van der Waals surface area contributed by atoms with Crippen LogP contribution in [-0.4, -0.2) is 82.4 Å². The molecule has 6 heterocycles. The van der Waals surface area contributed by atoms with E-state index in [1.54, 1.807) is 0 Å². The molecule has 0 saturated carbocycles. The van der Waals surface area contributed by atoms with Crippen LogP contribution in [0, 0.1) is 0 Å². The number of hydrogen-bond acceptors (Lipinski definition) is 24. The van der Waals surface area contributed by atoms with Gasteiger partial charge in [-0.3, -0.25) is 14.4 Å². The molecule has 118 heavy (non-hydrogen) atoms. The minimum atomic E-state index is -1.73. The van der Waals surface area contributed by atoms with Crippen molar-refractivity contribution in [1.82, 2.24) is 29.9 Å². The van der Waals surface area contributed by atoms with Gasteiger partial charge in [-0.1, -0.05) is 276 Å². The number of benzene rings is 12. The van der Waals surface area contributed by atoms with E-state index in [2.05, 4.69) is 0 Å². The molecule has 15 nitrogen and oxygen atoms in total. The fourth-order valence-electron chi connectivity index (χ4n) is 14.5. The summed E-state index contributed by atoms with van der Waals surface area (Å²) in [5, 5.41) is 41.9. The van der Waals surface area contributed by atoms with Crippen LogP contribution in [0.4, 0.5) is 0 Å². The molecule has 12 aromatic carbocycles. The molecule has 581 valence electrons. The maximum atomic E-state index is 13.9. The smallest absolute Gasteiger partial charge is 0.542 e. The van der Waals surface area contributed by atoms with Gasteiger partial charge in [0.05, 0.1) is 61.3 Å². The van der Waals surface area contributed by atoms with Crippen LogP contribution in [0.25, 0.3) is 125 Å². The van der Waals surface area contributed by atoms with Gasteiger partial charge in [-0.15, -0.1) is 103 Å². The van der Waals surface area contributed by atoms with Crippen LogP contribution >= 0.6 is 103 Å². The number of nitrogens with zero attached hydrogens (tertiary/aromatic N) is 6. The van der Waals surface area contributed by atoms with Crippen molar-refractivity contribution >= 4 is 200 Å². The van der Waals surface area contributed by atoms with E-state index in [4.69, 9.17) is 29.9 Å². The van der Waals surface area contributed by atoms with Gasteiger partial charge >= 0.3 is 19.5 Å². The first-order chi connectivity index (χ1) is 57.1. The fraction of sp³-hybridized carbons (Fsp3) is 0.0968. The zero-order chi connectivity index (χ0) is 81.0. The number of rotatable bonds is 24. The molecule has 0 amide bonds. The molecule has 18 aromatic rings. The second-order valence-electron chi connectivity index (χ2n) is 26.4. The van der Waals surface area contributed by atoms with Gasteiger partial charge in [0.2, 0.25) is 17.3 Å². The van der Waals surface area contributed by atoms with Crippen LogP contribution in [-0.2, 0) is 62.5 Å². The quantitative estimate of drug-likeness (QED) is 0.0403. The molecule has 18 rings (SSSR count). The molecule has 0 N–H and O–H groups in total. The number of fused-ring (bicyclic) bond motifs is 6. The van der Waals surface area contributed by atoms with E-state index in [0.29, 0.717) is 83.7 Å². The Hall–Kier alpha value is -10.9.